The molecule has 1 amide bonds. The first kappa shape index (κ1) is 11.4. The molecule has 0 bridgehead atoms. The monoisotopic (exact) mass is 193 g/mol. The molecule has 6 heteroatoms. The molecule has 0 aromatic heterocycles. The van der Waals surface area contributed by atoms with E-state index in [9.17, 15) is 4.79 Å². The van der Waals surface area contributed by atoms with E-state index in [0.29, 0.717) is 6.17 Å². The van der Waals surface area contributed by atoms with Gasteiger partial charge in [0, 0.05) is 27.4 Å². The highest BCUT2D eigenvalue weighted by Gasteiger charge is 2.10. The van der Waals surface area contributed by atoms with E-state index in [1.807, 2.05) is 0 Å². The van der Waals surface area contributed by atoms with Crippen LogP contribution in [0.5, 0.6) is 0 Å². The van der Waals surface area contributed by atoms with Crippen molar-refractivity contribution in [2.24, 2.45) is 0 Å². The lowest BCUT2D eigenvalue weighted by molar-refractivity contribution is -0.0446. The van der Waals surface area contributed by atoms with Crippen LogP contribution >= 0.6 is 0 Å². The lowest BCUT2D eigenvalue weighted by Crippen LogP contribution is -2.35. The smallest absolute Gasteiger partial charge is 0.406 e. The lowest BCUT2D eigenvalue weighted by atomic mass is 10.9. The van der Waals surface area contributed by atoms with Crippen LogP contribution in [0.2, 0.25) is 0 Å². The van der Waals surface area contributed by atoms with Crippen molar-refractivity contribution in [2.45, 2.75) is 5.91 Å². The van der Waals surface area contributed by atoms with Gasteiger partial charge in [-0.1, -0.05) is 0 Å². The Morgan fingerprint density at radius 3 is 2.42 bits per heavy atom. The fourth-order valence-corrected chi connectivity index (χ4v) is 1.99. The molecule has 1 N–H and O–H groups in total. The standard InChI is InChI=1S/C6H15NO4Si/c1-7(5(8)9)4-12-6(10-2)11-3/h6H,4,12H2,1-3H3,(H,8,9). The number of ether oxygens (including phenoxy) is 2. The summed E-state index contributed by atoms with van der Waals surface area (Å²) in [5.41, 5.74) is 0. The van der Waals surface area contributed by atoms with Gasteiger partial charge in [0.1, 0.15) is 15.4 Å². The van der Waals surface area contributed by atoms with E-state index in [-0.39, 0.29) is 5.91 Å². The van der Waals surface area contributed by atoms with Crippen molar-refractivity contribution in [2.75, 3.05) is 27.4 Å². The summed E-state index contributed by atoms with van der Waals surface area (Å²) in [6.45, 7) is 0. The summed E-state index contributed by atoms with van der Waals surface area (Å²) in [6, 6.07) is 0. The third-order valence-electron chi connectivity index (χ3n) is 1.55. The fourth-order valence-electron chi connectivity index (χ4n) is 0.727. The second-order valence-electron chi connectivity index (χ2n) is 2.39. The Labute approximate surface area is 74.1 Å². The molecule has 0 spiro atoms. The van der Waals surface area contributed by atoms with Gasteiger partial charge in [-0.3, -0.25) is 0 Å². The molecule has 0 heterocycles. The summed E-state index contributed by atoms with van der Waals surface area (Å²) in [6.07, 6.45) is -0.366. The largest absolute Gasteiger partial charge is 0.465 e. The molecule has 0 aromatic carbocycles. The molecule has 0 aliphatic heterocycles. The maximum Gasteiger partial charge on any atom is 0.406 e. The highest BCUT2D eigenvalue weighted by molar-refractivity contribution is 6.37. The van der Waals surface area contributed by atoms with E-state index in [1.165, 1.54) is 11.9 Å². The van der Waals surface area contributed by atoms with Gasteiger partial charge in [-0.05, 0) is 0 Å². The molecule has 0 aliphatic rings. The molecule has 0 saturated heterocycles. The first-order valence-electron chi connectivity index (χ1n) is 3.61. The van der Waals surface area contributed by atoms with Gasteiger partial charge in [-0.15, -0.1) is 0 Å². The van der Waals surface area contributed by atoms with Crippen molar-refractivity contribution in [1.82, 2.24) is 4.90 Å². The number of nitrogens with zero attached hydrogens (tertiary/aromatic N) is 1. The van der Waals surface area contributed by atoms with E-state index >= 15 is 0 Å². The molecule has 0 rings (SSSR count). The molecule has 0 aliphatic carbocycles. The van der Waals surface area contributed by atoms with Crippen LogP contribution < -0.4 is 0 Å². The van der Waals surface area contributed by atoms with Crippen LogP contribution in [0.3, 0.4) is 0 Å². The third-order valence-corrected chi connectivity index (χ3v) is 3.62. The zero-order valence-electron chi connectivity index (χ0n) is 7.61. The number of carboxylic acid groups (broad SMARTS) is 1. The van der Waals surface area contributed by atoms with E-state index in [1.54, 1.807) is 14.2 Å². The Morgan fingerprint density at radius 2 is 2.08 bits per heavy atom. The van der Waals surface area contributed by atoms with Gasteiger partial charge in [0.05, 0.1) is 0 Å². The second kappa shape index (κ2) is 5.98. The van der Waals surface area contributed by atoms with Crippen LogP contribution in [0.15, 0.2) is 0 Å². The molecular formula is C6H15NO4Si. The van der Waals surface area contributed by atoms with Gasteiger partial charge in [0.25, 0.3) is 0 Å². The number of rotatable bonds is 5. The van der Waals surface area contributed by atoms with Crippen molar-refractivity contribution >= 4 is 15.6 Å². The summed E-state index contributed by atoms with van der Waals surface area (Å²) in [5, 5.41) is 8.51. The zero-order chi connectivity index (χ0) is 9.56. The molecule has 0 aromatic rings. The van der Waals surface area contributed by atoms with Crippen LogP contribution in [0, 0.1) is 0 Å². The average Bonchev–Trinajstić information content (AvgIpc) is 2.05. The van der Waals surface area contributed by atoms with E-state index in [0.717, 1.165) is 0 Å². The van der Waals surface area contributed by atoms with Crippen molar-refractivity contribution in [3.63, 3.8) is 0 Å². The Kier molecular flexibility index (Phi) is 5.69. The number of amides is 1. The molecule has 5 nitrogen and oxygen atoms in total. The molecule has 0 radical (unpaired) electrons. The van der Waals surface area contributed by atoms with Crippen LogP contribution in [-0.2, 0) is 9.47 Å². The van der Waals surface area contributed by atoms with E-state index in [4.69, 9.17) is 14.6 Å². The minimum Gasteiger partial charge on any atom is -0.465 e. The third kappa shape index (κ3) is 4.32. The normalized spacial score (nSPS) is 11.3. The van der Waals surface area contributed by atoms with Gasteiger partial charge in [-0.25, -0.2) is 4.79 Å². The Balaban J connectivity index is 3.58. The number of hydrogen-bond acceptors (Lipinski definition) is 3. The van der Waals surface area contributed by atoms with Crippen LogP contribution in [0.4, 0.5) is 4.79 Å². The number of carbonyl (C=O) groups is 1. The number of hydrogen-bond donors (Lipinski definition) is 1. The quantitative estimate of drug-likeness (QED) is 0.463. The van der Waals surface area contributed by atoms with Gasteiger partial charge in [-0.2, -0.15) is 0 Å². The predicted octanol–water partition coefficient (Wildman–Crippen LogP) is -0.701. The fraction of sp³-hybridized carbons (Fsp3) is 0.833. The summed E-state index contributed by atoms with van der Waals surface area (Å²) in [5.74, 6) is -0.188. The van der Waals surface area contributed by atoms with Crippen LogP contribution in [0.1, 0.15) is 0 Å². The molecule has 72 valence electrons. The average molecular weight is 193 g/mol. The maximum atomic E-state index is 10.4. The molecule has 0 unspecified atom stereocenters. The lowest BCUT2D eigenvalue weighted by Gasteiger charge is -2.16. The van der Waals surface area contributed by atoms with Crippen LogP contribution in [-0.4, -0.2) is 59.0 Å². The minimum atomic E-state index is -0.909. The van der Waals surface area contributed by atoms with Gasteiger partial charge < -0.3 is 19.5 Å². The summed E-state index contributed by atoms with van der Waals surface area (Å²) in [7, 11) is 3.99. The summed E-state index contributed by atoms with van der Waals surface area (Å²) in [4.78, 5) is 11.6. The predicted molar refractivity (Wildman–Crippen MR) is 47.0 cm³/mol. The maximum absolute atomic E-state index is 10.4. The highest BCUT2D eigenvalue weighted by Crippen LogP contribution is 1.90. The second-order valence-corrected chi connectivity index (χ2v) is 4.08. The SMILES string of the molecule is COC(OC)[SiH2]CN(C)C(=O)O. The zero-order valence-corrected chi connectivity index (χ0v) is 9.02. The van der Waals surface area contributed by atoms with Crippen molar-refractivity contribution in [1.29, 1.82) is 0 Å². The summed E-state index contributed by atoms with van der Waals surface area (Å²) >= 11 is 0. The minimum absolute atomic E-state index is 0.188. The highest BCUT2D eigenvalue weighted by atomic mass is 28.2. The molecular weight excluding hydrogens is 178 g/mol. The van der Waals surface area contributed by atoms with Crippen molar-refractivity contribution < 1.29 is 19.4 Å². The summed E-state index contributed by atoms with van der Waals surface area (Å²) < 4.78 is 9.90. The first-order valence-corrected chi connectivity index (χ1v) is 5.43. The molecule has 0 saturated carbocycles. The molecule has 12 heavy (non-hydrogen) atoms. The van der Waals surface area contributed by atoms with Crippen molar-refractivity contribution in [3.8, 4) is 0 Å². The first-order chi connectivity index (χ1) is 5.61. The Morgan fingerprint density at radius 1 is 1.58 bits per heavy atom. The topological polar surface area (TPSA) is 59.0 Å². The van der Waals surface area contributed by atoms with E-state index in [2.05, 4.69) is 0 Å². The Hall–Kier alpha value is -0.593. The van der Waals surface area contributed by atoms with E-state index < -0.39 is 15.6 Å². The van der Waals surface area contributed by atoms with Gasteiger partial charge in [0.15, 0.2) is 0 Å². The van der Waals surface area contributed by atoms with Crippen LogP contribution in [0.25, 0.3) is 0 Å². The number of methoxy groups -OCH3 is 2. The van der Waals surface area contributed by atoms with Gasteiger partial charge in [0.2, 0.25) is 0 Å². The molecule has 0 atom stereocenters. The van der Waals surface area contributed by atoms with Crippen molar-refractivity contribution in [3.05, 3.63) is 0 Å². The Bertz CT molecular complexity index is 140. The molecule has 0 fully saturated rings. The van der Waals surface area contributed by atoms with Gasteiger partial charge >= 0.3 is 6.09 Å².